The van der Waals surface area contributed by atoms with Crippen molar-refractivity contribution in [3.05, 3.63) is 70.8 Å². The molecular weight excluding hydrogens is 596 g/mol. The van der Waals surface area contributed by atoms with Crippen molar-refractivity contribution in [1.29, 1.82) is 0 Å². The second kappa shape index (κ2) is 17.7. The van der Waals surface area contributed by atoms with Crippen LogP contribution in [0.3, 0.4) is 0 Å². The maximum Gasteiger partial charge on any atom is 0.240 e. The summed E-state index contributed by atoms with van der Waals surface area (Å²) in [5, 5.41) is 3.36. The molecule has 1 fully saturated rings. The molecule has 2 aromatic rings. The molecule has 268 valence electrons. The van der Waals surface area contributed by atoms with Crippen molar-refractivity contribution in [2.24, 2.45) is 23.1 Å². The number of rotatable bonds is 15. The largest absolute Gasteiger partial charge is 0.335 e. The molecule has 2 unspecified atom stereocenters. The number of nitrogens with two attached hydrogens (primary N) is 3. The normalized spacial score (nSPS) is 18.7. The SMILES string of the molecule is CC(C)C[C@H]1CN(C(=O)C(N)Cc2ccc(C(C)(C)C)cc2)[C@H](CCCCNCCN)CN1C(=O)C(N)Cc1ccc(C(C)(C)C)cc1. The van der Waals surface area contributed by atoms with Gasteiger partial charge in [-0.15, -0.1) is 0 Å². The molecule has 1 aliphatic heterocycles. The summed E-state index contributed by atoms with van der Waals surface area (Å²) >= 11 is 0. The van der Waals surface area contributed by atoms with Gasteiger partial charge in [0.15, 0.2) is 0 Å². The Balaban J connectivity index is 1.80. The lowest BCUT2D eigenvalue weighted by Crippen LogP contribution is -2.65. The van der Waals surface area contributed by atoms with Crippen LogP contribution in [0.5, 0.6) is 0 Å². The van der Waals surface area contributed by atoms with Crippen LogP contribution in [-0.2, 0) is 33.3 Å². The molecule has 0 aliphatic carbocycles. The van der Waals surface area contributed by atoms with Crippen molar-refractivity contribution >= 4 is 11.8 Å². The molecule has 8 heteroatoms. The Morgan fingerprint density at radius 1 is 0.729 bits per heavy atom. The van der Waals surface area contributed by atoms with Gasteiger partial charge in [-0.05, 0) is 77.7 Å². The van der Waals surface area contributed by atoms with Crippen LogP contribution in [0.1, 0.15) is 103 Å². The van der Waals surface area contributed by atoms with E-state index in [1.165, 1.54) is 11.1 Å². The molecule has 7 N–H and O–H groups in total. The third-order valence-corrected chi connectivity index (χ3v) is 9.65. The van der Waals surface area contributed by atoms with E-state index >= 15 is 0 Å². The van der Waals surface area contributed by atoms with Gasteiger partial charge in [0.25, 0.3) is 0 Å². The maximum atomic E-state index is 14.1. The summed E-state index contributed by atoms with van der Waals surface area (Å²) < 4.78 is 0. The minimum atomic E-state index is -0.653. The Bertz CT molecular complexity index is 1280. The standard InChI is InChI=1S/C40H66N6O2/c1-28(2)23-34-27-45(37(47)35(42)24-29-12-16-31(17-13-29)39(3,4)5)33(11-9-10-21-44-22-20-41)26-46(34)38(48)36(43)25-30-14-18-32(19-15-30)40(6,7)8/h12-19,28,33-36,44H,9-11,20-27,41-43H2,1-8H3/t33-,34+,35?,36?/m1/s1. The number of nitrogens with one attached hydrogen (secondary N) is 1. The van der Waals surface area contributed by atoms with E-state index in [2.05, 4.69) is 109 Å². The van der Waals surface area contributed by atoms with Crippen molar-refractivity contribution in [3.63, 3.8) is 0 Å². The Morgan fingerprint density at radius 2 is 1.17 bits per heavy atom. The monoisotopic (exact) mass is 663 g/mol. The Labute approximate surface area is 291 Å². The van der Waals surface area contributed by atoms with Gasteiger partial charge < -0.3 is 32.3 Å². The predicted octanol–water partition coefficient (Wildman–Crippen LogP) is 4.89. The summed E-state index contributed by atoms with van der Waals surface area (Å²) in [6.45, 7) is 20.7. The van der Waals surface area contributed by atoms with Gasteiger partial charge in [0, 0.05) is 38.3 Å². The van der Waals surface area contributed by atoms with Crippen molar-refractivity contribution < 1.29 is 9.59 Å². The minimum absolute atomic E-state index is 0.0366. The van der Waals surface area contributed by atoms with Gasteiger partial charge in [0.05, 0.1) is 12.1 Å². The predicted molar refractivity (Wildman–Crippen MR) is 200 cm³/mol. The lowest BCUT2D eigenvalue weighted by atomic mass is 9.86. The van der Waals surface area contributed by atoms with Gasteiger partial charge in [0.1, 0.15) is 0 Å². The summed E-state index contributed by atoms with van der Waals surface area (Å²) in [7, 11) is 0. The zero-order valence-electron chi connectivity index (χ0n) is 31.2. The number of benzene rings is 2. The summed E-state index contributed by atoms with van der Waals surface area (Å²) in [5.74, 6) is 0.277. The quantitative estimate of drug-likeness (QED) is 0.201. The number of carbonyl (C=O) groups excluding carboxylic acids is 2. The third-order valence-electron chi connectivity index (χ3n) is 9.65. The molecule has 1 aliphatic rings. The highest BCUT2D eigenvalue weighted by Gasteiger charge is 2.41. The van der Waals surface area contributed by atoms with E-state index in [1.807, 2.05) is 9.80 Å². The maximum absolute atomic E-state index is 14.1. The van der Waals surface area contributed by atoms with E-state index in [0.717, 1.165) is 49.9 Å². The first kappa shape index (κ1) is 39.7. The van der Waals surface area contributed by atoms with Crippen LogP contribution in [0.25, 0.3) is 0 Å². The number of amides is 2. The van der Waals surface area contributed by atoms with E-state index < -0.39 is 12.1 Å². The van der Waals surface area contributed by atoms with Crippen molar-refractivity contribution in [2.75, 3.05) is 32.7 Å². The molecule has 8 nitrogen and oxygen atoms in total. The molecule has 0 bridgehead atoms. The number of hydrogen-bond acceptors (Lipinski definition) is 6. The van der Waals surface area contributed by atoms with Gasteiger partial charge >= 0.3 is 0 Å². The summed E-state index contributed by atoms with van der Waals surface area (Å²) in [4.78, 5) is 32.2. The first-order chi connectivity index (χ1) is 22.5. The van der Waals surface area contributed by atoms with Crippen molar-refractivity contribution in [1.82, 2.24) is 15.1 Å². The van der Waals surface area contributed by atoms with Crippen LogP contribution in [-0.4, -0.2) is 78.5 Å². The van der Waals surface area contributed by atoms with E-state index in [-0.39, 0.29) is 34.7 Å². The molecule has 48 heavy (non-hydrogen) atoms. The van der Waals surface area contributed by atoms with Gasteiger partial charge in [-0.2, -0.15) is 0 Å². The molecule has 2 amide bonds. The molecule has 3 rings (SSSR count). The smallest absolute Gasteiger partial charge is 0.240 e. The van der Waals surface area contributed by atoms with E-state index in [0.29, 0.717) is 38.4 Å². The van der Waals surface area contributed by atoms with Crippen LogP contribution in [0.2, 0.25) is 0 Å². The Kier molecular flexibility index (Phi) is 14.7. The van der Waals surface area contributed by atoms with Crippen LogP contribution in [0, 0.1) is 5.92 Å². The molecule has 1 saturated heterocycles. The summed E-state index contributed by atoms with van der Waals surface area (Å²) in [6.07, 6.45) is 4.45. The minimum Gasteiger partial charge on any atom is -0.335 e. The number of nitrogens with zero attached hydrogens (tertiary/aromatic N) is 2. The highest BCUT2D eigenvalue weighted by Crippen LogP contribution is 2.27. The Hall–Kier alpha value is -2.78. The molecule has 0 radical (unpaired) electrons. The summed E-state index contributed by atoms with van der Waals surface area (Å²) in [6, 6.07) is 15.4. The van der Waals surface area contributed by atoms with Gasteiger partial charge in [-0.25, -0.2) is 0 Å². The second-order valence-corrected chi connectivity index (χ2v) is 16.5. The fourth-order valence-electron chi connectivity index (χ4n) is 6.73. The van der Waals surface area contributed by atoms with Crippen molar-refractivity contribution in [3.8, 4) is 0 Å². The highest BCUT2D eigenvalue weighted by molar-refractivity contribution is 5.85. The second-order valence-electron chi connectivity index (χ2n) is 16.5. The first-order valence-corrected chi connectivity index (χ1v) is 18.2. The lowest BCUT2D eigenvalue weighted by Gasteiger charge is -2.48. The van der Waals surface area contributed by atoms with Crippen LogP contribution >= 0.6 is 0 Å². The van der Waals surface area contributed by atoms with Gasteiger partial charge in [0.2, 0.25) is 11.8 Å². The number of carbonyl (C=O) groups is 2. The van der Waals surface area contributed by atoms with E-state index in [9.17, 15) is 9.59 Å². The Morgan fingerprint density at radius 3 is 1.58 bits per heavy atom. The zero-order valence-corrected chi connectivity index (χ0v) is 31.2. The molecule has 0 aromatic heterocycles. The molecular formula is C40H66N6O2. The van der Waals surface area contributed by atoms with Crippen LogP contribution < -0.4 is 22.5 Å². The average Bonchev–Trinajstić information content (AvgIpc) is 3.01. The van der Waals surface area contributed by atoms with Crippen LogP contribution in [0.15, 0.2) is 48.5 Å². The number of hydrogen-bond donors (Lipinski definition) is 4. The fourth-order valence-corrected chi connectivity index (χ4v) is 6.73. The number of unbranched alkanes of at least 4 members (excludes halogenated alkanes) is 1. The topological polar surface area (TPSA) is 131 Å². The lowest BCUT2D eigenvalue weighted by molar-refractivity contribution is -0.149. The average molecular weight is 663 g/mol. The zero-order chi connectivity index (χ0) is 35.6. The number of piperazine rings is 1. The summed E-state index contributed by atoms with van der Waals surface area (Å²) in [5.41, 5.74) is 23.7. The molecule has 1 heterocycles. The van der Waals surface area contributed by atoms with Crippen molar-refractivity contribution in [2.45, 2.75) is 129 Å². The fraction of sp³-hybridized carbons (Fsp3) is 0.650. The van der Waals surface area contributed by atoms with E-state index in [4.69, 9.17) is 17.2 Å². The third kappa shape index (κ3) is 11.7. The molecule has 0 saturated carbocycles. The molecule has 0 spiro atoms. The van der Waals surface area contributed by atoms with Gasteiger partial charge in [-0.1, -0.05) is 110 Å². The molecule has 4 atom stereocenters. The van der Waals surface area contributed by atoms with Crippen LogP contribution in [0.4, 0.5) is 0 Å². The highest BCUT2D eigenvalue weighted by atomic mass is 16.2. The van der Waals surface area contributed by atoms with Gasteiger partial charge in [-0.3, -0.25) is 9.59 Å². The first-order valence-electron chi connectivity index (χ1n) is 18.2. The molecule has 2 aromatic carbocycles. The van der Waals surface area contributed by atoms with E-state index in [1.54, 1.807) is 0 Å².